The standard InChI is InChI=1S/C27H32FN5O/c1-32(2)17-14-29-27(34)24-19-30-25(22-8-10-23(28)11-9-22)31-26(24)33-15-12-21(13-16-33)18-20-6-4-3-5-7-20/h3-11,19,21H,12-18H2,1-2H3,(H,29,34). The van der Waals surface area contributed by atoms with Crippen LogP contribution in [0.4, 0.5) is 10.2 Å². The molecule has 4 rings (SSSR count). The van der Waals surface area contributed by atoms with Crippen LogP contribution in [0.15, 0.2) is 60.8 Å². The van der Waals surface area contributed by atoms with Gasteiger partial charge in [0.2, 0.25) is 0 Å². The van der Waals surface area contributed by atoms with E-state index in [0.29, 0.717) is 29.7 Å². The molecule has 0 saturated carbocycles. The SMILES string of the molecule is CN(C)CCNC(=O)c1cnc(-c2ccc(F)cc2)nc1N1CCC(Cc2ccccc2)CC1. The number of likely N-dealkylation sites (N-methyl/N-ethyl adjacent to an activating group) is 1. The minimum absolute atomic E-state index is 0.172. The molecule has 0 spiro atoms. The molecule has 0 unspecified atom stereocenters. The number of amides is 1. The molecular formula is C27H32FN5O. The van der Waals surface area contributed by atoms with E-state index < -0.39 is 0 Å². The van der Waals surface area contributed by atoms with E-state index >= 15 is 0 Å². The van der Waals surface area contributed by atoms with Crippen LogP contribution in [0.3, 0.4) is 0 Å². The van der Waals surface area contributed by atoms with Crippen LogP contribution in [0.5, 0.6) is 0 Å². The fraction of sp³-hybridized carbons (Fsp3) is 0.370. The molecule has 1 aliphatic rings. The molecule has 7 heteroatoms. The van der Waals surface area contributed by atoms with Crippen molar-refractivity contribution in [3.8, 4) is 11.4 Å². The summed E-state index contributed by atoms with van der Waals surface area (Å²) in [5.74, 6) is 1.27. The molecule has 6 nitrogen and oxygen atoms in total. The second-order valence-electron chi connectivity index (χ2n) is 9.12. The molecule has 1 aromatic heterocycles. The lowest BCUT2D eigenvalue weighted by molar-refractivity contribution is 0.0950. The van der Waals surface area contributed by atoms with Crippen LogP contribution in [0.1, 0.15) is 28.8 Å². The largest absolute Gasteiger partial charge is 0.356 e. The molecule has 0 atom stereocenters. The Morgan fingerprint density at radius 3 is 2.47 bits per heavy atom. The molecule has 1 N–H and O–H groups in total. The van der Waals surface area contributed by atoms with Gasteiger partial charge in [0, 0.05) is 37.9 Å². The van der Waals surface area contributed by atoms with Crippen molar-refractivity contribution < 1.29 is 9.18 Å². The Kier molecular flexibility index (Phi) is 7.85. The summed E-state index contributed by atoms with van der Waals surface area (Å²) in [6.45, 7) is 2.95. The van der Waals surface area contributed by atoms with Gasteiger partial charge in [-0.25, -0.2) is 14.4 Å². The third kappa shape index (κ3) is 6.17. The van der Waals surface area contributed by atoms with Gasteiger partial charge in [0.05, 0.1) is 0 Å². The first-order chi connectivity index (χ1) is 16.5. The Morgan fingerprint density at radius 2 is 1.79 bits per heavy atom. The number of benzene rings is 2. The summed E-state index contributed by atoms with van der Waals surface area (Å²) in [6.07, 6.45) is 4.73. The van der Waals surface area contributed by atoms with E-state index in [4.69, 9.17) is 4.98 Å². The van der Waals surface area contributed by atoms with E-state index in [0.717, 1.165) is 44.5 Å². The van der Waals surface area contributed by atoms with Crippen molar-refractivity contribution in [1.29, 1.82) is 0 Å². The average Bonchev–Trinajstić information content (AvgIpc) is 2.85. The molecule has 2 heterocycles. The Bertz CT molecular complexity index is 1080. The zero-order chi connectivity index (χ0) is 23.9. The third-order valence-electron chi connectivity index (χ3n) is 6.24. The molecule has 178 valence electrons. The summed E-state index contributed by atoms with van der Waals surface area (Å²) in [5.41, 5.74) is 2.56. The minimum Gasteiger partial charge on any atom is -0.356 e. The summed E-state index contributed by atoms with van der Waals surface area (Å²) >= 11 is 0. The van der Waals surface area contributed by atoms with Gasteiger partial charge in [-0.05, 0) is 69.1 Å². The number of carbonyl (C=O) groups is 1. The zero-order valence-corrected chi connectivity index (χ0v) is 19.9. The topological polar surface area (TPSA) is 61.4 Å². The second-order valence-corrected chi connectivity index (χ2v) is 9.12. The highest BCUT2D eigenvalue weighted by Crippen LogP contribution is 2.28. The number of nitrogens with zero attached hydrogens (tertiary/aromatic N) is 4. The van der Waals surface area contributed by atoms with Crippen LogP contribution < -0.4 is 10.2 Å². The predicted molar refractivity (Wildman–Crippen MR) is 133 cm³/mol. The van der Waals surface area contributed by atoms with E-state index in [2.05, 4.69) is 39.5 Å². The summed E-state index contributed by atoms with van der Waals surface area (Å²) in [6, 6.07) is 16.7. The molecule has 0 radical (unpaired) electrons. The molecule has 1 aliphatic heterocycles. The van der Waals surface area contributed by atoms with Gasteiger partial charge in [-0.3, -0.25) is 4.79 Å². The van der Waals surface area contributed by atoms with Crippen molar-refractivity contribution in [2.75, 3.05) is 45.2 Å². The van der Waals surface area contributed by atoms with Crippen LogP contribution in [0, 0.1) is 11.7 Å². The maximum Gasteiger partial charge on any atom is 0.256 e. The summed E-state index contributed by atoms with van der Waals surface area (Å²) in [4.78, 5) is 26.4. The van der Waals surface area contributed by atoms with E-state index in [1.807, 2.05) is 25.1 Å². The normalized spacial score (nSPS) is 14.4. The average molecular weight is 462 g/mol. The molecular weight excluding hydrogens is 429 g/mol. The van der Waals surface area contributed by atoms with Crippen LogP contribution >= 0.6 is 0 Å². The minimum atomic E-state index is -0.304. The molecule has 1 amide bonds. The summed E-state index contributed by atoms with van der Waals surface area (Å²) in [5, 5.41) is 2.98. The second kappa shape index (κ2) is 11.2. The van der Waals surface area contributed by atoms with Crippen molar-refractivity contribution in [3.05, 3.63) is 77.7 Å². The van der Waals surface area contributed by atoms with Gasteiger partial charge >= 0.3 is 0 Å². The Labute approximate surface area is 200 Å². The highest BCUT2D eigenvalue weighted by Gasteiger charge is 2.25. The third-order valence-corrected chi connectivity index (χ3v) is 6.24. The number of aromatic nitrogens is 2. The fourth-order valence-corrected chi connectivity index (χ4v) is 4.30. The van der Waals surface area contributed by atoms with Crippen molar-refractivity contribution in [2.45, 2.75) is 19.3 Å². The van der Waals surface area contributed by atoms with Gasteiger partial charge in [0.15, 0.2) is 5.82 Å². The highest BCUT2D eigenvalue weighted by atomic mass is 19.1. The molecule has 1 saturated heterocycles. The number of anilines is 1. The highest BCUT2D eigenvalue weighted by molar-refractivity contribution is 5.99. The predicted octanol–water partition coefficient (Wildman–Crippen LogP) is 4.03. The van der Waals surface area contributed by atoms with Crippen LogP contribution in [-0.2, 0) is 6.42 Å². The number of piperidine rings is 1. The maximum absolute atomic E-state index is 13.4. The number of halogens is 1. The van der Waals surface area contributed by atoms with Gasteiger partial charge < -0.3 is 15.1 Å². The van der Waals surface area contributed by atoms with Gasteiger partial charge in [-0.1, -0.05) is 30.3 Å². The fourth-order valence-electron chi connectivity index (χ4n) is 4.30. The van der Waals surface area contributed by atoms with Crippen molar-refractivity contribution in [3.63, 3.8) is 0 Å². The first-order valence-corrected chi connectivity index (χ1v) is 11.8. The zero-order valence-electron chi connectivity index (χ0n) is 19.9. The lowest BCUT2D eigenvalue weighted by Gasteiger charge is -2.34. The van der Waals surface area contributed by atoms with Gasteiger partial charge in [0.1, 0.15) is 17.2 Å². The maximum atomic E-state index is 13.4. The van der Waals surface area contributed by atoms with Gasteiger partial charge in [-0.2, -0.15) is 0 Å². The lowest BCUT2D eigenvalue weighted by atomic mass is 9.90. The number of hydrogen-bond donors (Lipinski definition) is 1. The van der Waals surface area contributed by atoms with Crippen molar-refractivity contribution in [1.82, 2.24) is 20.2 Å². The number of carbonyl (C=O) groups excluding carboxylic acids is 1. The number of nitrogens with one attached hydrogen (secondary N) is 1. The molecule has 1 fully saturated rings. The molecule has 3 aromatic rings. The Hall–Kier alpha value is -3.32. The number of rotatable bonds is 8. The number of hydrogen-bond acceptors (Lipinski definition) is 5. The van der Waals surface area contributed by atoms with E-state index in [1.54, 1.807) is 18.3 Å². The van der Waals surface area contributed by atoms with Crippen LogP contribution in [0.25, 0.3) is 11.4 Å². The van der Waals surface area contributed by atoms with Gasteiger partial charge in [-0.15, -0.1) is 0 Å². The molecule has 34 heavy (non-hydrogen) atoms. The quantitative estimate of drug-likeness (QED) is 0.549. The van der Waals surface area contributed by atoms with E-state index in [-0.39, 0.29) is 11.7 Å². The Balaban J connectivity index is 1.53. The molecule has 0 aliphatic carbocycles. The van der Waals surface area contributed by atoms with Crippen LogP contribution in [-0.4, -0.2) is 61.0 Å². The first kappa shape index (κ1) is 23.8. The molecule has 0 bridgehead atoms. The first-order valence-electron chi connectivity index (χ1n) is 11.8. The van der Waals surface area contributed by atoms with Crippen LogP contribution in [0.2, 0.25) is 0 Å². The summed E-state index contributed by atoms with van der Waals surface area (Å²) in [7, 11) is 3.94. The van der Waals surface area contributed by atoms with E-state index in [1.165, 1.54) is 17.7 Å². The lowest BCUT2D eigenvalue weighted by Crippen LogP contribution is -2.38. The monoisotopic (exact) mass is 461 g/mol. The Morgan fingerprint density at radius 1 is 1.09 bits per heavy atom. The smallest absolute Gasteiger partial charge is 0.256 e. The van der Waals surface area contributed by atoms with Crippen molar-refractivity contribution >= 4 is 11.7 Å². The molecule has 2 aromatic carbocycles. The van der Waals surface area contributed by atoms with Crippen molar-refractivity contribution in [2.24, 2.45) is 5.92 Å². The van der Waals surface area contributed by atoms with E-state index in [9.17, 15) is 9.18 Å². The summed E-state index contributed by atoms with van der Waals surface area (Å²) < 4.78 is 13.4. The van der Waals surface area contributed by atoms with Gasteiger partial charge in [0.25, 0.3) is 5.91 Å².